The van der Waals surface area contributed by atoms with Crippen molar-refractivity contribution in [1.82, 2.24) is 25.3 Å². The zero-order valence-electron chi connectivity index (χ0n) is 18.7. The van der Waals surface area contributed by atoms with Crippen LogP contribution < -0.4 is 10.2 Å². The van der Waals surface area contributed by atoms with Crippen LogP contribution in [0.3, 0.4) is 0 Å². The van der Waals surface area contributed by atoms with Crippen molar-refractivity contribution in [3.63, 3.8) is 0 Å². The van der Waals surface area contributed by atoms with E-state index in [0.29, 0.717) is 12.2 Å². The van der Waals surface area contributed by atoms with Gasteiger partial charge in [0.05, 0.1) is 17.3 Å². The third kappa shape index (κ3) is 5.17. The van der Waals surface area contributed by atoms with Gasteiger partial charge in [-0.25, -0.2) is 9.97 Å². The number of piperazine rings is 1. The molecule has 3 aromatic rings. The largest absolute Gasteiger partial charge is 0.390 e. The Labute approximate surface area is 184 Å². The number of aliphatic hydroxyl groups is 1. The van der Waals surface area contributed by atoms with Crippen molar-refractivity contribution >= 4 is 16.7 Å². The Morgan fingerprint density at radius 3 is 2.71 bits per heavy atom. The molecule has 7 heteroatoms. The van der Waals surface area contributed by atoms with Crippen LogP contribution in [0.2, 0.25) is 0 Å². The van der Waals surface area contributed by atoms with E-state index < -0.39 is 5.60 Å². The van der Waals surface area contributed by atoms with E-state index in [9.17, 15) is 5.11 Å². The fraction of sp³-hybridized carbons (Fsp3) is 0.500. The lowest BCUT2D eigenvalue weighted by Gasteiger charge is -2.37. The fourth-order valence-electron chi connectivity index (χ4n) is 4.30. The topological polar surface area (TPSA) is 87.1 Å². The minimum atomic E-state index is -0.715. The number of aryl methyl sites for hydroxylation is 1. The third-order valence-corrected chi connectivity index (χ3v) is 5.71. The first-order valence-corrected chi connectivity index (χ1v) is 11.2. The van der Waals surface area contributed by atoms with Gasteiger partial charge in [0.25, 0.3) is 0 Å². The summed E-state index contributed by atoms with van der Waals surface area (Å²) < 4.78 is 0. The van der Waals surface area contributed by atoms with Crippen LogP contribution in [-0.2, 0) is 6.42 Å². The predicted octanol–water partition coefficient (Wildman–Crippen LogP) is 3.37. The van der Waals surface area contributed by atoms with Gasteiger partial charge >= 0.3 is 0 Å². The van der Waals surface area contributed by atoms with Crippen LogP contribution in [0, 0.1) is 0 Å². The van der Waals surface area contributed by atoms with Gasteiger partial charge in [0.1, 0.15) is 5.82 Å². The molecule has 1 fully saturated rings. The highest BCUT2D eigenvalue weighted by atomic mass is 16.3. The number of hydrogen-bond acceptors (Lipinski definition) is 7. The number of anilines is 1. The van der Waals surface area contributed by atoms with E-state index in [-0.39, 0.29) is 6.04 Å². The second-order valence-corrected chi connectivity index (χ2v) is 9.02. The van der Waals surface area contributed by atoms with Gasteiger partial charge in [-0.15, -0.1) is 0 Å². The molecule has 4 rings (SSSR count). The van der Waals surface area contributed by atoms with Gasteiger partial charge in [-0.3, -0.25) is 9.97 Å². The molecule has 1 atom stereocenters. The second kappa shape index (κ2) is 9.24. The molecule has 0 spiro atoms. The Kier molecular flexibility index (Phi) is 6.43. The molecule has 0 saturated carbocycles. The van der Waals surface area contributed by atoms with Gasteiger partial charge in [0.15, 0.2) is 5.82 Å². The fourth-order valence-corrected chi connectivity index (χ4v) is 4.30. The Morgan fingerprint density at radius 1 is 1.16 bits per heavy atom. The summed E-state index contributed by atoms with van der Waals surface area (Å²) in [4.78, 5) is 20.9. The maximum atomic E-state index is 10.3. The van der Waals surface area contributed by atoms with Gasteiger partial charge in [0.2, 0.25) is 0 Å². The lowest BCUT2D eigenvalue weighted by molar-refractivity contribution is 0.0586. The van der Waals surface area contributed by atoms with Crippen LogP contribution in [0.25, 0.3) is 22.3 Å². The van der Waals surface area contributed by atoms with Gasteiger partial charge in [-0.2, -0.15) is 0 Å². The molecule has 0 aromatic carbocycles. The summed E-state index contributed by atoms with van der Waals surface area (Å²) in [6.07, 6.45) is 11.2. The molecule has 31 heavy (non-hydrogen) atoms. The number of pyridine rings is 2. The molecule has 4 heterocycles. The molecule has 1 saturated heterocycles. The first-order chi connectivity index (χ1) is 14.9. The van der Waals surface area contributed by atoms with Crippen LogP contribution in [0.15, 0.2) is 36.9 Å². The number of nitrogens with zero attached hydrogens (tertiary/aromatic N) is 5. The Balaban J connectivity index is 1.80. The standard InChI is InChI=1S/C24H32N6O/c1-4-5-6-18-14-26-15-20-21(18)23(29-22(28-20)17-7-9-25-10-8-17)30-12-11-27-19(16-30)13-24(2,3)31/h7-10,14-15,19,27,31H,4-6,11-13,16H2,1-3H3. The van der Waals surface area contributed by atoms with E-state index in [1.165, 1.54) is 5.56 Å². The number of aromatic nitrogens is 4. The van der Waals surface area contributed by atoms with Gasteiger partial charge in [-0.05, 0) is 50.8 Å². The van der Waals surface area contributed by atoms with Gasteiger partial charge in [-0.1, -0.05) is 13.3 Å². The molecule has 1 unspecified atom stereocenters. The van der Waals surface area contributed by atoms with E-state index in [1.807, 2.05) is 38.4 Å². The number of fused-ring (bicyclic) bond motifs is 1. The number of nitrogens with one attached hydrogen (secondary N) is 1. The summed E-state index contributed by atoms with van der Waals surface area (Å²) in [5.41, 5.74) is 2.31. The number of rotatable bonds is 7. The lowest BCUT2D eigenvalue weighted by atomic mass is 9.97. The first kappa shape index (κ1) is 21.6. The van der Waals surface area contributed by atoms with Crippen LogP contribution >= 0.6 is 0 Å². The molecule has 0 bridgehead atoms. The quantitative estimate of drug-likeness (QED) is 0.606. The zero-order chi connectivity index (χ0) is 21.8. The monoisotopic (exact) mass is 420 g/mol. The molecule has 164 valence electrons. The van der Waals surface area contributed by atoms with Crippen molar-refractivity contribution in [2.45, 2.75) is 58.1 Å². The highest BCUT2D eigenvalue weighted by molar-refractivity contribution is 5.93. The second-order valence-electron chi connectivity index (χ2n) is 9.02. The normalized spacial score (nSPS) is 17.3. The average molecular weight is 421 g/mol. The van der Waals surface area contributed by atoms with E-state index in [0.717, 1.165) is 61.2 Å². The van der Waals surface area contributed by atoms with Crippen molar-refractivity contribution in [1.29, 1.82) is 0 Å². The summed E-state index contributed by atoms with van der Waals surface area (Å²) in [7, 11) is 0. The Morgan fingerprint density at radius 2 is 1.97 bits per heavy atom. The van der Waals surface area contributed by atoms with Crippen molar-refractivity contribution in [2.75, 3.05) is 24.5 Å². The highest BCUT2D eigenvalue weighted by Crippen LogP contribution is 2.31. The smallest absolute Gasteiger partial charge is 0.162 e. The summed E-state index contributed by atoms with van der Waals surface area (Å²) in [6, 6.07) is 4.08. The molecule has 0 aliphatic carbocycles. The van der Waals surface area contributed by atoms with Crippen molar-refractivity contribution in [3.8, 4) is 11.4 Å². The summed E-state index contributed by atoms with van der Waals surface area (Å²) in [6.45, 7) is 8.44. The number of hydrogen-bond donors (Lipinski definition) is 2. The van der Waals surface area contributed by atoms with E-state index in [4.69, 9.17) is 9.97 Å². The van der Waals surface area contributed by atoms with E-state index in [2.05, 4.69) is 27.1 Å². The average Bonchev–Trinajstić information content (AvgIpc) is 2.76. The lowest BCUT2D eigenvalue weighted by Crippen LogP contribution is -2.53. The molecule has 3 aromatic heterocycles. The van der Waals surface area contributed by atoms with Crippen LogP contribution in [0.5, 0.6) is 0 Å². The first-order valence-electron chi connectivity index (χ1n) is 11.2. The van der Waals surface area contributed by atoms with Gasteiger partial charge in [0, 0.05) is 55.2 Å². The maximum Gasteiger partial charge on any atom is 0.162 e. The van der Waals surface area contributed by atoms with E-state index >= 15 is 0 Å². The van der Waals surface area contributed by atoms with Crippen LogP contribution in [0.4, 0.5) is 5.82 Å². The molecule has 7 nitrogen and oxygen atoms in total. The summed E-state index contributed by atoms with van der Waals surface area (Å²) in [5.74, 6) is 1.66. The minimum absolute atomic E-state index is 0.198. The molecule has 1 aliphatic rings. The van der Waals surface area contributed by atoms with Gasteiger partial charge < -0.3 is 15.3 Å². The Bertz CT molecular complexity index is 1020. The van der Waals surface area contributed by atoms with Crippen LogP contribution in [0.1, 0.15) is 45.6 Å². The number of unbranched alkanes of at least 4 members (excludes halogenated alkanes) is 1. The predicted molar refractivity (Wildman–Crippen MR) is 124 cm³/mol. The highest BCUT2D eigenvalue weighted by Gasteiger charge is 2.28. The molecule has 0 radical (unpaired) electrons. The minimum Gasteiger partial charge on any atom is -0.390 e. The van der Waals surface area contributed by atoms with E-state index in [1.54, 1.807) is 12.4 Å². The summed E-state index contributed by atoms with van der Waals surface area (Å²) in [5, 5.41) is 15.0. The van der Waals surface area contributed by atoms with Crippen molar-refractivity contribution < 1.29 is 5.11 Å². The Hall–Kier alpha value is -2.64. The molecule has 0 amide bonds. The molecule has 2 N–H and O–H groups in total. The molecular formula is C24H32N6O. The maximum absolute atomic E-state index is 10.3. The third-order valence-electron chi connectivity index (χ3n) is 5.71. The van der Waals surface area contributed by atoms with Crippen LogP contribution in [-0.4, -0.2) is 56.3 Å². The van der Waals surface area contributed by atoms with Crippen molar-refractivity contribution in [3.05, 3.63) is 42.5 Å². The van der Waals surface area contributed by atoms with Crippen molar-refractivity contribution in [2.24, 2.45) is 0 Å². The zero-order valence-corrected chi connectivity index (χ0v) is 18.7. The SMILES string of the molecule is CCCCc1cncc2nc(-c3ccncc3)nc(N3CCNC(CC(C)(C)O)C3)c12. The molecule has 1 aliphatic heterocycles. The summed E-state index contributed by atoms with van der Waals surface area (Å²) >= 11 is 0. The molecular weight excluding hydrogens is 388 g/mol.